The molecular weight excluding hydrogens is 434 g/mol. The Morgan fingerprint density at radius 3 is 2.45 bits per heavy atom. The summed E-state index contributed by atoms with van der Waals surface area (Å²) in [7, 11) is 1.37. The van der Waals surface area contributed by atoms with Crippen LogP contribution in [0.2, 0.25) is 0 Å². The lowest BCUT2D eigenvalue weighted by atomic mass is 9.74. The molecule has 2 aliphatic carbocycles. The Hall–Kier alpha value is -3.92. The lowest BCUT2D eigenvalue weighted by Crippen LogP contribution is -2.28. The van der Waals surface area contributed by atoms with E-state index in [0.29, 0.717) is 12.0 Å². The predicted octanol–water partition coefficient (Wildman–Crippen LogP) is 1.44. The Bertz CT molecular complexity index is 1220. The minimum Gasteiger partial charge on any atom is -0.507 e. The van der Waals surface area contributed by atoms with Crippen molar-refractivity contribution in [2.75, 3.05) is 20.3 Å². The molecule has 172 valence electrons. The smallest absolute Gasteiger partial charge is 0.344 e. The average Bonchev–Trinajstić information content (AvgIpc) is 2.81. The Labute approximate surface area is 187 Å². The van der Waals surface area contributed by atoms with Crippen molar-refractivity contribution in [2.24, 2.45) is 11.1 Å². The van der Waals surface area contributed by atoms with E-state index in [-0.39, 0.29) is 57.9 Å². The Kier molecular flexibility index (Phi) is 5.77. The van der Waals surface area contributed by atoms with E-state index in [2.05, 4.69) is 5.16 Å². The number of benzene rings is 2. The molecule has 0 heterocycles. The summed E-state index contributed by atoms with van der Waals surface area (Å²) in [4.78, 5) is 41.9. The van der Waals surface area contributed by atoms with Crippen LogP contribution >= 0.6 is 0 Å². The number of phenols is 2. The van der Waals surface area contributed by atoms with Crippen molar-refractivity contribution in [3.63, 3.8) is 0 Å². The molecule has 0 bridgehead atoms. The van der Waals surface area contributed by atoms with E-state index in [0.717, 1.165) is 0 Å². The number of carboxylic acid groups (broad SMARTS) is 1. The monoisotopic (exact) mass is 455 g/mol. The van der Waals surface area contributed by atoms with Gasteiger partial charge < -0.3 is 30.0 Å². The van der Waals surface area contributed by atoms with E-state index < -0.39 is 42.4 Å². The highest BCUT2D eigenvalue weighted by Crippen LogP contribution is 2.47. The zero-order valence-corrected chi connectivity index (χ0v) is 17.6. The number of ether oxygens (including phenoxy) is 1. The van der Waals surface area contributed by atoms with Crippen molar-refractivity contribution in [2.45, 2.75) is 19.3 Å². The minimum absolute atomic E-state index is 0.0334. The molecule has 1 atom stereocenters. The normalized spacial score (nSPS) is 17.2. The number of aliphatic carboxylic acids is 1. The molecular formula is C23H21NO9. The zero-order valence-electron chi connectivity index (χ0n) is 17.6. The number of hydrogen-bond acceptors (Lipinski definition) is 9. The number of carbonyl (C=O) groups excluding carboxylic acids is 2. The summed E-state index contributed by atoms with van der Waals surface area (Å²) >= 11 is 0. The molecule has 4 N–H and O–H groups in total. The molecule has 0 spiro atoms. The van der Waals surface area contributed by atoms with Gasteiger partial charge in [0, 0.05) is 22.6 Å². The molecule has 33 heavy (non-hydrogen) atoms. The molecule has 0 fully saturated rings. The Morgan fingerprint density at radius 2 is 1.79 bits per heavy atom. The maximum absolute atomic E-state index is 13.3. The van der Waals surface area contributed by atoms with E-state index in [4.69, 9.17) is 14.7 Å². The van der Waals surface area contributed by atoms with Crippen molar-refractivity contribution >= 4 is 23.2 Å². The van der Waals surface area contributed by atoms with Crippen molar-refractivity contribution in [1.29, 1.82) is 0 Å². The molecule has 4 rings (SSSR count). The van der Waals surface area contributed by atoms with Crippen LogP contribution in [-0.2, 0) is 22.5 Å². The first-order valence-electron chi connectivity index (χ1n) is 10.2. The summed E-state index contributed by atoms with van der Waals surface area (Å²) in [5.41, 5.74) is 0.352. The number of carboxylic acids is 1. The van der Waals surface area contributed by atoms with Crippen LogP contribution in [0.15, 0.2) is 23.4 Å². The molecule has 2 aromatic carbocycles. The first-order valence-corrected chi connectivity index (χ1v) is 10.2. The number of nitrogens with zero attached hydrogens (tertiary/aromatic N) is 1. The number of carbonyl (C=O) groups is 3. The third-order valence-corrected chi connectivity index (χ3v) is 6.03. The van der Waals surface area contributed by atoms with E-state index in [9.17, 15) is 29.7 Å². The van der Waals surface area contributed by atoms with E-state index >= 15 is 0 Å². The molecule has 2 aromatic rings. The summed E-state index contributed by atoms with van der Waals surface area (Å²) < 4.78 is 5.23. The number of phenolic OH excluding ortho intramolecular Hbond substituents is 2. The van der Waals surface area contributed by atoms with Gasteiger partial charge >= 0.3 is 5.97 Å². The maximum Gasteiger partial charge on any atom is 0.344 e. The summed E-state index contributed by atoms with van der Waals surface area (Å²) in [6, 6.07) is 4.55. The maximum atomic E-state index is 13.3. The van der Waals surface area contributed by atoms with Gasteiger partial charge in [0.05, 0.1) is 36.1 Å². The second kappa shape index (κ2) is 8.55. The molecule has 2 aliphatic rings. The van der Waals surface area contributed by atoms with E-state index in [1.54, 1.807) is 6.07 Å². The quantitative estimate of drug-likeness (QED) is 0.245. The highest BCUT2D eigenvalue weighted by molar-refractivity contribution is 6.31. The van der Waals surface area contributed by atoms with Gasteiger partial charge in [-0.25, -0.2) is 4.79 Å². The topological polar surface area (TPSA) is 163 Å². The molecule has 0 aromatic heterocycles. The lowest BCUT2D eigenvalue weighted by molar-refractivity contribution is -0.142. The number of hydrogen-bond donors (Lipinski definition) is 4. The van der Waals surface area contributed by atoms with Crippen LogP contribution < -0.4 is 4.74 Å². The van der Waals surface area contributed by atoms with Crippen LogP contribution in [0.25, 0.3) is 0 Å². The first-order chi connectivity index (χ1) is 15.8. The number of fused-ring (bicyclic) bond motifs is 3. The molecule has 1 unspecified atom stereocenters. The van der Waals surface area contributed by atoms with Crippen LogP contribution in [0.1, 0.15) is 49.4 Å². The average molecular weight is 455 g/mol. The van der Waals surface area contributed by atoms with E-state index in [1.165, 1.54) is 19.2 Å². The van der Waals surface area contributed by atoms with Gasteiger partial charge in [0.15, 0.2) is 5.78 Å². The fourth-order valence-electron chi connectivity index (χ4n) is 4.49. The first kappa shape index (κ1) is 22.3. The molecule has 10 nitrogen and oxygen atoms in total. The third-order valence-electron chi connectivity index (χ3n) is 6.03. The second-order valence-corrected chi connectivity index (χ2v) is 7.79. The standard InChI is InChI=1S/C23H21NO9/c1-32-15-4-2-3-12-17(15)23(31)19-18(21(12)29)22(30)13-7-10(5-6-11(13)20(19)28)14(8-25)24-33-9-16(26)27/h2-4,10,25,28,30H,5-9H2,1H3,(H,26,27)/b24-14+. The van der Waals surface area contributed by atoms with Gasteiger partial charge in [0.1, 0.15) is 17.2 Å². The van der Waals surface area contributed by atoms with Crippen LogP contribution in [0.3, 0.4) is 0 Å². The molecule has 10 heteroatoms. The summed E-state index contributed by atoms with van der Waals surface area (Å²) in [5, 5.41) is 44.1. The van der Waals surface area contributed by atoms with Gasteiger partial charge in [-0.1, -0.05) is 17.3 Å². The summed E-state index contributed by atoms with van der Waals surface area (Å²) in [6.45, 7) is -1.17. The summed E-state index contributed by atoms with van der Waals surface area (Å²) in [5.74, 6) is -3.46. The number of methoxy groups -OCH3 is 1. The number of aliphatic hydroxyl groups is 1. The molecule has 0 saturated heterocycles. The van der Waals surface area contributed by atoms with Crippen LogP contribution in [0.5, 0.6) is 17.2 Å². The molecule has 0 saturated carbocycles. The van der Waals surface area contributed by atoms with Crippen molar-refractivity contribution in [3.8, 4) is 17.2 Å². The fourth-order valence-corrected chi connectivity index (χ4v) is 4.49. The number of rotatable bonds is 6. The van der Waals surface area contributed by atoms with Gasteiger partial charge in [-0.05, 0) is 25.3 Å². The Morgan fingerprint density at radius 1 is 1.09 bits per heavy atom. The van der Waals surface area contributed by atoms with Crippen LogP contribution in [-0.4, -0.2) is 64.0 Å². The predicted molar refractivity (Wildman–Crippen MR) is 113 cm³/mol. The third kappa shape index (κ3) is 3.58. The molecule has 0 aliphatic heterocycles. The van der Waals surface area contributed by atoms with Gasteiger partial charge in [0.2, 0.25) is 12.4 Å². The van der Waals surface area contributed by atoms with E-state index in [1.807, 2.05) is 0 Å². The number of aliphatic hydroxyl groups excluding tert-OH is 1. The second-order valence-electron chi connectivity index (χ2n) is 7.79. The summed E-state index contributed by atoms with van der Waals surface area (Å²) in [6.07, 6.45) is 0.714. The van der Waals surface area contributed by atoms with Crippen molar-refractivity contribution in [3.05, 3.63) is 51.6 Å². The minimum atomic E-state index is -1.22. The zero-order chi connectivity index (χ0) is 23.9. The molecule has 0 radical (unpaired) electrons. The highest BCUT2D eigenvalue weighted by Gasteiger charge is 2.40. The van der Waals surface area contributed by atoms with Crippen LogP contribution in [0, 0.1) is 5.92 Å². The fraction of sp³-hybridized carbons (Fsp3) is 0.304. The van der Waals surface area contributed by atoms with Crippen LogP contribution in [0.4, 0.5) is 0 Å². The van der Waals surface area contributed by atoms with Crippen molar-refractivity contribution < 1.29 is 44.4 Å². The van der Waals surface area contributed by atoms with Gasteiger partial charge in [-0.2, -0.15) is 0 Å². The number of ketones is 2. The van der Waals surface area contributed by atoms with Gasteiger partial charge in [0.25, 0.3) is 0 Å². The van der Waals surface area contributed by atoms with Gasteiger partial charge in [-0.3, -0.25) is 9.59 Å². The Balaban J connectivity index is 1.79. The number of oxime groups is 1. The van der Waals surface area contributed by atoms with Crippen molar-refractivity contribution in [1.82, 2.24) is 0 Å². The lowest BCUT2D eigenvalue weighted by Gasteiger charge is -2.30. The largest absolute Gasteiger partial charge is 0.507 e. The van der Waals surface area contributed by atoms with Gasteiger partial charge in [-0.15, -0.1) is 0 Å². The number of aromatic hydroxyl groups is 2. The SMILES string of the molecule is COc1cccc2c1C(=O)c1c(O)c3c(c(O)c1C2=O)CC(/C(CO)=N/OCC(=O)O)CC3. The highest BCUT2D eigenvalue weighted by atomic mass is 16.6. The molecule has 0 amide bonds.